The van der Waals surface area contributed by atoms with E-state index in [9.17, 15) is 4.79 Å². The standard InChI is InChI=1S/C22H19ClN2O2/c23-19-8-2-1-5-16(19)10-11-21(26)25-14-12-18(15-25)27-20-9-3-6-17-7-4-13-24-22(17)20/h1-11,13,18H,12,14-15H2/b11-10+/t18-/m0/s1. The Labute approximate surface area is 163 Å². The lowest BCUT2D eigenvalue weighted by atomic mass is 10.2. The number of para-hydroxylation sites is 1. The van der Waals surface area contributed by atoms with E-state index >= 15 is 0 Å². The summed E-state index contributed by atoms with van der Waals surface area (Å²) < 4.78 is 6.15. The molecule has 1 saturated heterocycles. The molecule has 0 N–H and O–H groups in total. The van der Waals surface area contributed by atoms with Gasteiger partial charge < -0.3 is 9.64 Å². The summed E-state index contributed by atoms with van der Waals surface area (Å²) in [7, 11) is 0. The van der Waals surface area contributed by atoms with Crippen LogP contribution in [0.2, 0.25) is 5.02 Å². The number of fused-ring (bicyclic) bond motifs is 1. The van der Waals surface area contributed by atoms with E-state index in [-0.39, 0.29) is 12.0 Å². The summed E-state index contributed by atoms with van der Waals surface area (Å²) in [4.78, 5) is 18.7. The first-order chi connectivity index (χ1) is 13.2. The van der Waals surface area contributed by atoms with Crippen molar-refractivity contribution in [2.24, 2.45) is 0 Å². The van der Waals surface area contributed by atoms with Crippen molar-refractivity contribution in [1.82, 2.24) is 9.88 Å². The van der Waals surface area contributed by atoms with Crippen LogP contribution in [0.1, 0.15) is 12.0 Å². The van der Waals surface area contributed by atoms with Crippen LogP contribution in [0, 0.1) is 0 Å². The first-order valence-corrected chi connectivity index (χ1v) is 9.30. The average Bonchev–Trinajstić information content (AvgIpc) is 3.16. The van der Waals surface area contributed by atoms with Crippen LogP contribution in [0.5, 0.6) is 5.75 Å². The Morgan fingerprint density at radius 3 is 2.89 bits per heavy atom. The number of hydrogen-bond acceptors (Lipinski definition) is 3. The molecule has 0 radical (unpaired) electrons. The van der Waals surface area contributed by atoms with Gasteiger partial charge in [0.05, 0.1) is 6.54 Å². The van der Waals surface area contributed by atoms with Gasteiger partial charge in [-0.1, -0.05) is 48.0 Å². The molecule has 0 saturated carbocycles. The average molecular weight is 379 g/mol. The van der Waals surface area contributed by atoms with Gasteiger partial charge in [0.25, 0.3) is 0 Å². The Kier molecular flexibility index (Phi) is 5.07. The molecule has 0 aliphatic carbocycles. The molecule has 1 fully saturated rings. The van der Waals surface area contributed by atoms with Crippen molar-refractivity contribution in [3.63, 3.8) is 0 Å². The van der Waals surface area contributed by atoms with E-state index in [0.717, 1.165) is 28.6 Å². The number of ether oxygens (including phenoxy) is 1. The van der Waals surface area contributed by atoms with Crippen LogP contribution in [0.4, 0.5) is 0 Å². The maximum Gasteiger partial charge on any atom is 0.246 e. The van der Waals surface area contributed by atoms with Crippen molar-refractivity contribution < 1.29 is 9.53 Å². The van der Waals surface area contributed by atoms with Gasteiger partial charge in [0.15, 0.2) is 0 Å². The minimum absolute atomic E-state index is 0.0305. The number of halogens is 1. The minimum atomic E-state index is -0.0322. The summed E-state index contributed by atoms with van der Waals surface area (Å²) >= 11 is 6.13. The fourth-order valence-electron chi connectivity index (χ4n) is 3.25. The zero-order valence-corrected chi connectivity index (χ0v) is 15.5. The number of amides is 1. The monoisotopic (exact) mass is 378 g/mol. The molecule has 0 bridgehead atoms. The number of carbonyl (C=O) groups is 1. The van der Waals surface area contributed by atoms with Gasteiger partial charge in [0.1, 0.15) is 17.4 Å². The molecule has 4 nitrogen and oxygen atoms in total. The highest BCUT2D eigenvalue weighted by atomic mass is 35.5. The summed E-state index contributed by atoms with van der Waals surface area (Å²) in [6.45, 7) is 1.24. The van der Waals surface area contributed by atoms with Gasteiger partial charge in [-0.05, 0) is 29.8 Å². The topological polar surface area (TPSA) is 42.4 Å². The molecular formula is C22H19ClN2O2. The zero-order chi connectivity index (χ0) is 18.6. The Bertz CT molecular complexity index is 997. The molecule has 136 valence electrons. The maximum atomic E-state index is 12.5. The molecule has 2 heterocycles. The van der Waals surface area contributed by atoms with Crippen molar-refractivity contribution in [1.29, 1.82) is 0 Å². The molecule has 1 aliphatic heterocycles. The van der Waals surface area contributed by atoms with Crippen molar-refractivity contribution in [2.75, 3.05) is 13.1 Å². The van der Waals surface area contributed by atoms with Crippen LogP contribution in [0.25, 0.3) is 17.0 Å². The van der Waals surface area contributed by atoms with E-state index in [0.29, 0.717) is 18.1 Å². The number of carbonyl (C=O) groups excluding carboxylic acids is 1. The van der Waals surface area contributed by atoms with Crippen LogP contribution < -0.4 is 4.74 Å². The molecule has 27 heavy (non-hydrogen) atoms. The van der Waals surface area contributed by atoms with E-state index in [1.807, 2.05) is 54.6 Å². The SMILES string of the molecule is O=C(/C=C/c1ccccc1Cl)N1CC[C@H](Oc2cccc3cccnc23)C1. The number of likely N-dealkylation sites (tertiary alicyclic amines) is 1. The van der Waals surface area contributed by atoms with Gasteiger partial charge in [-0.3, -0.25) is 9.78 Å². The highest BCUT2D eigenvalue weighted by Gasteiger charge is 2.27. The lowest BCUT2D eigenvalue weighted by molar-refractivity contribution is -0.125. The number of nitrogens with zero attached hydrogens (tertiary/aromatic N) is 2. The Morgan fingerprint density at radius 2 is 2.00 bits per heavy atom. The third-order valence-corrected chi connectivity index (χ3v) is 5.00. The Morgan fingerprint density at radius 1 is 1.15 bits per heavy atom. The number of pyridine rings is 1. The lowest BCUT2D eigenvalue weighted by Crippen LogP contribution is -2.29. The normalized spacial score (nSPS) is 16.9. The fourth-order valence-corrected chi connectivity index (χ4v) is 3.45. The Hall–Kier alpha value is -2.85. The van der Waals surface area contributed by atoms with Crippen LogP contribution in [0.3, 0.4) is 0 Å². The lowest BCUT2D eigenvalue weighted by Gasteiger charge is -2.16. The van der Waals surface area contributed by atoms with E-state index in [2.05, 4.69) is 4.98 Å². The molecule has 0 spiro atoms. The molecule has 1 atom stereocenters. The first-order valence-electron chi connectivity index (χ1n) is 8.92. The van der Waals surface area contributed by atoms with E-state index in [4.69, 9.17) is 16.3 Å². The highest BCUT2D eigenvalue weighted by Crippen LogP contribution is 2.26. The van der Waals surface area contributed by atoms with Crippen molar-refractivity contribution in [2.45, 2.75) is 12.5 Å². The molecule has 2 aromatic carbocycles. The van der Waals surface area contributed by atoms with Crippen LogP contribution in [-0.2, 0) is 4.79 Å². The quantitative estimate of drug-likeness (QED) is 0.624. The molecule has 0 unspecified atom stereocenters. The number of aromatic nitrogens is 1. The van der Waals surface area contributed by atoms with Crippen molar-refractivity contribution >= 4 is 34.5 Å². The zero-order valence-electron chi connectivity index (χ0n) is 14.7. The molecule has 1 aromatic heterocycles. The van der Waals surface area contributed by atoms with Gasteiger partial charge in [-0.2, -0.15) is 0 Å². The summed E-state index contributed by atoms with van der Waals surface area (Å²) in [6, 6.07) is 17.3. The number of hydrogen-bond donors (Lipinski definition) is 0. The highest BCUT2D eigenvalue weighted by molar-refractivity contribution is 6.32. The van der Waals surface area contributed by atoms with Crippen LogP contribution in [-0.4, -0.2) is 35.0 Å². The summed E-state index contributed by atoms with van der Waals surface area (Å²) in [5.74, 6) is 0.732. The summed E-state index contributed by atoms with van der Waals surface area (Å²) in [6.07, 6.45) is 5.86. The second kappa shape index (κ2) is 7.80. The second-order valence-corrected chi connectivity index (χ2v) is 6.91. The smallest absolute Gasteiger partial charge is 0.246 e. The first kappa shape index (κ1) is 17.6. The number of benzene rings is 2. The third-order valence-electron chi connectivity index (χ3n) is 4.66. The van der Waals surface area contributed by atoms with Gasteiger partial charge in [-0.25, -0.2) is 0 Å². The molecule has 1 amide bonds. The van der Waals surface area contributed by atoms with Crippen LogP contribution >= 0.6 is 11.6 Å². The van der Waals surface area contributed by atoms with Gasteiger partial charge in [0, 0.05) is 35.6 Å². The number of rotatable bonds is 4. The molecular weight excluding hydrogens is 360 g/mol. The van der Waals surface area contributed by atoms with E-state index in [1.165, 1.54) is 0 Å². The van der Waals surface area contributed by atoms with E-state index in [1.54, 1.807) is 23.2 Å². The van der Waals surface area contributed by atoms with Gasteiger partial charge >= 0.3 is 0 Å². The summed E-state index contributed by atoms with van der Waals surface area (Å²) in [5.41, 5.74) is 1.68. The molecule has 4 rings (SSSR count). The molecule has 5 heteroatoms. The summed E-state index contributed by atoms with van der Waals surface area (Å²) in [5, 5.41) is 1.68. The maximum absolute atomic E-state index is 12.5. The van der Waals surface area contributed by atoms with E-state index < -0.39 is 0 Å². The predicted molar refractivity (Wildman–Crippen MR) is 108 cm³/mol. The third kappa shape index (κ3) is 3.96. The molecule has 1 aliphatic rings. The Balaban J connectivity index is 1.41. The molecule has 3 aromatic rings. The largest absolute Gasteiger partial charge is 0.486 e. The fraction of sp³-hybridized carbons (Fsp3) is 0.182. The second-order valence-electron chi connectivity index (χ2n) is 6.50. The van der Waals surface area contributed by atoms with Crippen LogP contribution in [0.15, 0.2) is 66.9 Å². The van der Waals surface area contributed by atoms with Gasteiger partial charge in [0.2, 0.25) is 5.91 Å². The predicted octanol–water partition coefficient (Wildman–Crippen LogP) is 4.58. The minimum Gasteiger partial charge on any atom is -0.486 e. The van der Waals surface area contributed by atoms with Crippen molar-refractivity contribution in [3.05, 3.63) is 77.5 Å². The van der Waals surface area contributed by atoms with Gasteiger partial charge in [-0.15, -0.1) is 0 Å². The van der Waals surface area contributed by atoms with Crippen molar-refractivity contribution in [3.8, 4) is 5.75 Å².